The van der Waals surface area contributed by atoms with Crippen LogP contribution in [0.2, 0.25) is 0 Å². The summed E-state index contributed by atoms with van der Waals surface area (Å²) in [6.07, 6.45) is 0.648. The number of nitro groups is 1. The van der Waals surface area contributed by atoms with Gasteiger partial charge in [0.15, 0.2) is 5.43 Å². The van der Waals surface area contributed by atoms with Gasteiger partial charge in [-0.3, -0.25) is 24.6 Å². The first-order valence-electron chi connectivity index (χ1n) is 9.86. The maximum atomic E-state index is 13.5. The van der Waals surface area contributed by atoms with Crippen molar-refractivity contribution in [1.29, 1.82) is 0 Å². The molecule has 0 spiro atoms. The Hall–Kier alpha value is -3.92. The Balaban J connectivity index is 1.77. The van der Waals surface area contributed by atoms with Crippen LogP contribution < -0.4 is 10.3 Å². The van der Waals surface area contributed by atoms with Gasteiger partial charge in [-0.05, 0) is 43.2 Å². The second-order valence-electron chi connectivity index (χ2n) is 7.43. The molecular formula is C22H16N4O5S. The lowest BCUT2D eigenvalue weighted by Crippen LogP contribution is -2.29. The van der Waals surface area contributed by atoms with Crippen molar-refractivity contribution in [3.63, 3.8) is 0 Å². The maximum absolute atomic E-state index is 13.5. The highest BCUT2D eigenvalue weighted by molar-refractivity contribution is 7.15. The van der Waals surface area contributed by atoms with Gasteiger partial charge >= 0.3 is 0 Å². The lowest BCUT2D eigenvalue weighted by atomic mass is 9.98. The summed E-state index contributed by atoms with van der Waals surface area (Å²) in [5.74, 6) is -0.551. The quantitative estimate of drug-likeness (QED) is 0.339. The Bertz CT molecular complexity index is 1460. The van der Waals surface area contributed by atoms with Crippen LogP contribution in [0, 0.1) is 17.0 Å². The van der Waals surface area contributed by atoms with E-state index in [9.17, 15) is 19.7 Å². The largest absolute Gasteiger partial charge is 0.450 e. The number of aromatic nitrogens is 2. The Morgan fingerprint density at radius 3 is 2.56 bits per heavy atom. The van der Waals surface area contributed by atoms with Crippen LogP contribution in [0.3, 0.4) is 0 Å². The lowest BCUT2D eigenvalue weighted by molar-refractivity contribution is -0.384. The highest BCUT2D eigenvalue weighted by Gasteiger charge is 2.45. The third-order valence-corrected chi connectivity index (χ3v) is 6.48. The van der Waals surface area contributed by atoms with E-state index in [0.717, 1.165) is 10.6 Å². The Morgan fingerprint density at radius 2 is 1.91 bits per heavy atom. The van der Waals surface area contributed by atoms with Crippen LogP contribution in [0.4, 0.5) is 10.8 Å². The summed E-state index contributed by atoms with van der Waals surface area (Å²) >= 11 is 1.25. The Labute approximate surface area is 185 Å². The van der Waals surface area contributed by atoms with Gasteiger partial charge in [0.25, 0.3) is 11.6 Å². The van der Waals surface area contributed by atoms with E-state index in [1.165, 1.54) is 28.4 Å². The van der Waals surface area contributed by atoms with Gasteiger partial charge in [0.2, 0.25) is 10.9 Å². The lowest BCUT2D eigenvalue weighted by Gasteiger charge is -2.21. The standard InChI is InChI=1S/C22H16N4O5S/c1-3-16-23-24-22(32-16)25-18(12-5-7-13(8-6-12)26(29)30)17-19(27)14-10-11(2)4-9-15(14)31-20(17)21(25)28/h4-10,18H,3H2,1-2H3/t18-/m0/s1. The summed E-state index contributed by atoms with van der Waals surface area (Å²) in [6.45, 7) is 3.80. The van der Waals surface area contributed by atoms with Gasteiger partial charge in [-0.25, -0.2) is 0 Å². The van der Waals surface area contributed by atoms with E-state index in [-0.39, 0.29) is 22.4 Å². The van der Waals surface area contributed by atoms with Gasteiger partial charge in [0, 0.05) is 12.1 Å². The summed E-state index contributed by atoms with van der Waals surface area (Å²) in [7, 11) is 0. The minimum Gasteiger partial charge on any atom is -0.450 e. The van der Waals surface area contributed by atoms with Crippen LogP contribution in [0.1, 0.15) is 45.2 Å². The van der Waals surface area contributed by atoms with Crippen LogP contribution in [0.5, 0.6) is 0 Å². The molecule has 5 rings (SSSR count). The molecule has 10 heteroatoms. The number of benzene rings is 2. The van der Waals surface area contributed by atoms with Gasteiger partial charge in [0.05, 0.1) is 21.9 Å². The zero-order chi connectivity index (χ0) is 22.6. The molecule has 1 atom stereocenters. The van der Waals surface area contributed by atoms with Crippen LogP contribution in [0.15, 0.2) is 51.7 Å². The minimum absolute atomic E-state index is 0.0528. The third kappa shape index (κ3) is 2.99. The molecule has 0 radical (unpaired) electrons. The highest BCUT2D eigenvalue weighted by Crippen LogP contribution is 2.42. The number of aryl methyl sites for hydroxylation is 2. The number of fused-ring (bicyclic) bond motifs is 2. The van der Waals surface area contributed by atoms with Gasteiger partial charge < -0.3 is 4.42 Å². The molecule has 160 valence electrons. The molecule has 2 aromatic heterocycles. The van der Waals surface area contributed by atoms with Crippen molar-refractivity contribution in [2.75, 3.05) is 4.90 Å². The zero-order valence-electron chi connectivity index (χ0n) is 17.1. The molecule has 0 fully saturated rings. The molecule has 32 heavy (non-hydrogen) atoms. The number of carbonyl (C=O) groups excluding carboxylic acids is 1. The van der Waals surface area contributed by atoms with Gasteiger partial charge in [-0.1, -0.05) is 29.9 Å². The first-order chi connectivity index (χ1) is 15.4. The van der Waals surface area contributed by atoms with Crippen molar-refractivity contribution in [1.82, 2.24) is 10.2 Å². The molecule has 1 aliphatic rings. The van der Waals surface area contributed by atoms with Gasteiger partial charge in [-0.2, -0.15) is 0 Å². The number of rotatable bonds is 4. The topological polar surface area (TPSA) is 119 Å². The number of carbonyl (C=O) groups is 1. The maximum Gasteiger partial charge on any atom is 0.297 e. The predicted molar refractivity (Wildman–Crippen MR) is 118 cm³/mol. The second kappa shape index (κ2) is 7.34. The Morgan fingerprint density at radius 1 is 1.16 bits per heavy atom. The number of hydrogen-bond acceptors (Lipinski definition) is 8. The third-order valence-electron chi connectivity index (χ3n) is 5.41. The normalized spacial score (nSPS) is 15.4. The molecule has 4 aromatic rings. The SMILES string of the molecule is CCc1nnc(N2C(=O)c3oc4ccc(C)cc4c(=O)c3[C@@H]2c2ccc([N+](=O)[O-])cc2)s1. The number of amides is 1. The molecule has 2 aromatic carbocycles. The van der Waals surface area contributed by atoms with Crippen molar-refractivity contribution in [3.8, 4) is 0 Å². The van der Waals surface area contributed by atoms with Crippen molar-refractivity contribution in [3.05, 3.63) is 90.3 Å². The van der Waals surface area contributed by atoms with E-state index in [4.69, 9.17) is 4.42 Å². The summed E-state index contributed by atoms with van der Waals surface area (Å²) in [5, 5.41) is 20.8. The smallest absolute Gasteiger partial charge is 0.297 e. The fourth-order valence-electron chi connectivity index (χ4n) is 3.86. The average molecular weight is 448 g/mol. The summed E-state index contributed by atoms with van der Waals surface area (Å²) in [6, 6.07) is 10.1. The van der Waals surface area contributed by atoms with Crippen LogP contribution in [-0.4, -0.2) is 21.0 Å². The van der Waals surface area contributed by atoms with E-state index in [2.05, 4.69) is 10.2 Å². The first kappa shape index (κ1) is 20.0. The molecule has 9 nitrogen and oxygen atoms in total. The molecule has 0 saturated carbocycles. The van der Waals surface area contributed by atoms with E-state index < -0.39 is 16.9 Å². The summed E-state index contributed by atoms with van der Waals surface area (Å²) in [4.78, 5) is 39.0. The van der Waals surface area contributed by atoms with Crippen molar-refractivity contribution < 1.29 is 14.1 Å². The molecule has 1 aliphatic heterocycles. The number of anilines is 1. The fraction of sp³-hybridized carbons (Fsp3) is 0.182. The molecule has 0 N–H and O–H groups in total. The monoisotopic (exact) mass is 448 g/mol. The molecule has 0 unspecified atom stereocenters. The first-order valence-corrected chi connectivity index (χ1v) is 10.7. The number of nitrogens with zero attached hydrogens (tertiary/aromatic N) is 4. The van der Waals surface area contributed by atoms with Crippen LogP contribution in [0.25, 0.3) is 11.0 Å². The minimum atomic E-state index is -0.836. The van der Waals surface area contributed by atoms with E-state index in [1.54, 1.807) is 30.3 Å². The molecule has 1 amide bonds. The fourth-order valence-corrected chi connectivity index (χ4v) is 4.67. The molecular weight excluding hydrogens is 432 g/mol. The molecule has 0 bridgehead atoms. The van der Waals surface area contributed by atoms with E-state index >= 15 is 0 Å². The van der Waals surface area contributed by atoms with Crippen LogP contribution >= 0.6 is 11.3 Å². The molecule has 0 saturated heterocycles. The number of non-ortho nitro benzene ring substituents is 1. The van der Waals surface area contributed by atoms with E-state index in [1.807, 2.05) is 13.8 Å². The number of nitro benzene ring substituents is 1. The van der Waals surface area contributed by atoms with E-state index in [0.29, 0.717) is 28.1 Å². The molecule has 0 aliphatic carbocycles. The number of hydrogen-bond donors (Lipinski definition) is 0. The second-order valence-corrected chi connectivity index (χ2v) is 8.47. The Kier molecular flexibility index (Phi) is 4.59. The van der Waals surface area contributed by atoms with Crippen molar-refractivity contribution in [2.24, 2.45) is 0 Å². The summed E-state index contributed by atoms with van der Waals surface area (Å²) in [5.41, 5.74) is 1.53. The predicted octanol–water partition coefficient (Wildman–Crippen LogP) is 4.17. The summed E-state index contributed by atoms with van der Waals surface area (Å²) < 4.78 is 5.91. The van der Waals surface area contributed by atoms with Crippen LogP contribution in [-0.2, 0) is 6.42 Å². The average Bonchev–Trinajstić information content (AvgIpc) is 3.37. The van der Waals surface area contributed by atoms with Gasteiger partial charge in [-0.15, -0.1) is 10.2 Å². The van der Waals surface area contributed by atoms with Crippen molar-refractivity contribution >= 4 is 39.0 Å². The zero-order valence-corrected chi connectivity index (χ0v) is 17.9. The highest BCUT2D eigenvalue weighted by atomic mass is 32.1. The molecule has 3 heterocycles. The van der Waals surface area contributed by atoms with Crippen molar-refractivity contribution in [2.45, 2.75) is 26.3 Å². The van der Waals surface area contributed by atoms with Gasteiger partial charge in [0.1, 0.15) is 10.6 Å².